The van der Waals surface area contributed by atoms with E-state index in [1.54, 1.807) is 4.90 Å². The predicted molar refractivity (Wildman–Crippen MR) is 120 cm³/mol. The number of carbonyl (C=O) groups excluding carboxylic acids is 2. The molecule has 4 fully saturated rings. The summed E-state index contributed by atoms with van der Waals surface area (Å²) in [6.07, 6.45) is 2.09. The van der Waals surface area contributed by atoms with Crippen molar-refractivity contribution in [3.63, 3.8) is 0 Å². The van der Waals surface area contributed by atoms with Crippen LogP contribution in [-0.4, -0.2) is 83.2 Å². The standard InChI is InChI=1S/C11H16N2O3.C11H20N2O2.CH4/c1-11(2,3)16-10(14)13-6-8-9(15-8)7(13)4-5-12;1-11(2,3)15-10(14)13-7-5-8-9(13)4-6-12-8;/h7-9H,4,6H2,1-3H3;8-9,12H,4-7H2,1-3H3;1H4/t7-,8+,9-;8-,9-;/m11./s1. The smallest absolute Gasteiger partial charge is 0.410 e. The highest BCUT2D eigenvalue weighted by Gasteiger charge is 2.56. The summed E-state index contributed by atoms with van der Waals surface area (Å²) in [5, 5.41) is 12.1. The van der Waals surface area contributed by atoms with Crippen LogP contribution in [0.25, 0.3) is 0 Å². The quantitative estimate of drug-likeness (QED) is 0.608. The molecule has 0 saturated carbocycles. The maximum absolute atomic E-state index is 11.9. The molecule has 4 rings (SSSR count). The Hall–Kier alpha value is -2.05. The Labute approximate surface area is 192 Å². The molecule has 0 aromatic rings. The minimum Gasteiger partial charge on any atom is -0.444 e. The van der Waals surface area contributed by atoms with Crippen LogP contribution in [0.5, 0.6) is 0 Å². The van der Waals surface area contributed by atoms with Gasteiger partial charge in [0.15, 0.2) is 0 Å². The summed E-state index contributed by atoms with van der Waals surface area (Å²) < 4.78 is 16.0. The summed E-state index contributed by atoms with van der Waals surface area (Å²) >= 11 is 0. The molecule has 4 aliphatic rings. The van der Waals surface area contributed by atoms with E-state index in [4.69, 9.17) is 19.5 Å². The van der Waals surface area contributed by atoms with Gasteiger partial charge in [0.05, 0.1) is 31.1 Å². The first-order valence-electron chi connectivity index (χ1n) is 11.1. The van der Waals surface area contributed by atoms with Crippen molar-refractivity contribution in [1.82, 2.24) is 15.1 Å². The van der Waals surface area contributed by atoms with Gasteiger partial charge in [0.1, 0.15) is 23.4 Å². The van der Waals surface area contributed by atoms with Crippen LogP contribution in [0.2, 0.25) is 0 Å². The predicted octanol–water partition coefficient (Wildman–Crippen LogP) is 3.28. The van der Waals surface area contributed by atoms with Gasteiger partial charge in [0, 0.05) is 12.6 Å². The number of fused-ring (bicyclic) bond motifs is 2. The van der Waals surface area contributed by atoms with E-state index in [1.807, 2.05) is 46.4 Å². The van der Waals surface area contributed by atoms with Gasteiger partial charge in [0.2, 0.25) is 0 Å². The summed E-state index contributed by atoms with van der Waals surface area (Å²) in [6, 6.07) is 2.81. The molecule has 0 aliphatic carbocycles. The number of hydrogen-bond donors (Lipinski definition) is 1. The van der Waals surface area contributed by atoms with Gasteiger partial charge >= 0.3 is 12.2 Å². The number of rotatable bonds is 1. The number of nitriles is 1. The molecular formula is C23H40N4O5. The number of morpholine rings is 1. The number of nitrogens with zero attached hydrogens (tertiary/aromatic N) is 3. The number of nitrogens with one attached hydrogen (secondary N) is 1. The van der Waals surface area contributed by atoms with Crippen molar-refractivity contribution in [2.24, 2.45) is 0 Å². The molecule has 4 heterocycles. The normalized spacial score (nSPS) is 30.2. The lowest BCUT2D eigenvalue weighted by atomic mass is 10.1. The van der Waals surface area contributed by atoms with Crippen molar-refractivity contribution < 1.29 is 23.8 Å². The molecule has 0 aromatic carbocycles. The molecule has 0 spiro atoms. The largest absolute Gasteiger partial charge is 0.444 e. The zero-order chi connectivity index (χ0) is 23.0. The summed E-state index contributed by atoms with van der Waals surface area (Å²) in [7, 11) is 0. The van der Waals surface area contributed by atoms with Crippen molar-refractivity contribution in [2.45, 2.75) is 110 Å². The average molecular weight is 453 g/mol. The third kappa shape index (κ3) is 6.48. The fourth-order valence-corrected chi connectivity index (χ4v) is 4.41. The van der Waals surface area contributed by atoms with Gasteiger partial charge < -0.3 is 24.4 Å². The Bertz CT molecular complexity index is 723. The number of epoxide rings is 1. The Morgan fingerprint density at radius 2 is 1.66 bits per heavy atom. The first-order chi connectivity index (χ1) is 14.4. The van der Waals surface area contributed by atoms with Crippen LogP contribution in [0.4, 0.5) is 9.59 Å². The molecule has 182 valence electrons. The molecule has 4 saturated heterocycles. The van der Waals surface area contributed by atoms with Gasteiger partial charge in [0.25, 0.3) is 0 Å². The van der Waals surface area contributed by atoms with Crippen molar-refractivity contribution in [2.75, 3.05) is 19.6 Å². The monoisotopic (exact) mass is 452 g/mol. The topological polar surface area (TPSA) is 107 Å². The van der Waals surface area contributed by atoms with E-state index < -0.39 is 5.60 Å². The molecule has 2 amide bonds. The van der Waals surface area contributed by atoms with E-state index in [0.717, 1.165) is 25.9 Å². The lowest BCUT2D eigenvalue weighted by Crippen LogP contribution is -2.42. The Balaban J connectivity index is 0.000000220. The zero-order valence-electron chi connectivity index (χ0n) is 19.5. The molecule has 0 unspecified atom stereocenters. The second-order valence-corrected chi connectivity index (χ2v) is 10.6. The fourth-order valence-electron chi connectivity index (χ4n) is 4.41. The van der Waals surface area contributed by atoms with E-state index in [0.29, 0.717) is 25.0 Å². The minimum absolute atomic E-state index is 0. The van der Waals surface area contributed by atoms with Gasteiger partial charge in [-0.3, -0.25) is 4.90 Å². The second kappa shape index (κ2) is 9.84. The number of ether oxygens (including phenoxy) is 3. The van der Waals surface area contributed by atoms with Crippen molar-refractivity contribution in [1.29, 1.82) is 5.26 Å². The molecule has 9 nitrogen and oxygen atoms in total. The first-order valence-corrected chi connectivity index (χ1v) is 11.1. The van der Waals surface area contributed by atoms with Crippen LogP contribution in [0.3, 0.4) is 0 Å². The summed E-state index contributed by atoms with van der Waals surface area (Å²) in [5.41, 5.74) is -0.886. The van der Waals surface area contributed by atoms with Crippen LogP contribution < -0.4 is 5.32 Å². The molecule has 32 heavy (non-hydrogen) atoms. The second-order valence-electron chi connectivity index (χ2n) is 10.6. The van der Waals surface area contributed by atoms with Gasteiger partial charge in [-0.2, -0.15) is 5.26 Å². The van der Waals surface area contributed by atoms with Crippen LogP contribution in [0.1, 0.15) is 68.2 Å². The van der Waals surface area contributed by atoms with Gasteiger partial charge in [-0.05, 0) is 60.9 Å². The van der Waals surface area contributed by atoms with Crippen LogP contribution in [0, 0.1) is 11.3 Å². The Kier molecular flexibility index (Phi) is 8.05. The highest BCUT2D eigenvalue weighted by Crippen LogP contribution is 2.38. The number of carbonyl (C=O) groups is 2. The molecular weight excluding hydrogens is 412 g/mol. The third-order valence-corrected chi connectivity index (χ3v) is 5.73. The third-order valence-electron chi connectivity index (χ3n) is 5.73. The highest BCUT2D eigenvalue weighted by atomic mass is 16.6. The van der Waals surface area contributed by atoms with Crippen molar-refractivity contribution in [3.8, 4) is 6.07 Å². The molecule has 4 aliphatic heterocycles. The average Bonchev–Trinajstić information content (AvgIpc) is 2.94. The first kappa shape index (κ1) is 26.2. The zero-order valence-corrected chi connectivity index (χ0v) is 19.5. The molecule has 1 N–H and O–H groups in total. The maximum Gasteiger partial charge on any atom is 0.410 e. The summed E-state index contributed by atoms with van der Waals surface area (Å²) in [4.78, 5) is 27.2. The summed E-state index contributed by atoms with van der Waals surface area (Å²) in [5.74, 6) is 0. The lowest BCUT2D eigenvalue weighted by molar-refractivity contribution is 0.0128. The maximum atomic E-state index is 11.9. The molecule has 0 aromatic heterocycles. The van der Waals surface area contributed by atoms with Crippen molar-refractivity contribution in [3.05, 3.63) is 0 Å². The molecule has 0 bridgehead atoms. The van der Waals surface area contributed by atoms with Crippen LogP contribution in [0.15, 0.2) is 0 Å². The van der Waals surface area contributed by atoms with Crippen molar-refractivity contribution >= 4 is 12.2 Å². The number of likely N-dealkylation sites (tertiary alicyclic amines) is 2. The minimum atomic E-state index is -0.498. The van der Waals surface area contributed by atoms with Gasteiger partial charge in [-0.1, -0.05) is 7.43 Å². The number of amides is 2. The SMILES string of the molecule is C.CC(C)(C)OC(=O)N1CC[C@H]2NCC[C@H]21.CC(C)(C)OC(=O)N1C[C@@H]2O[C@@H]2[C@H]1CC#N. The fraction of sp³-hybridized carbons (Fsp3) is 0.870. The van der Waals surface area contributed by atoms with E-state index >= 15 is 0 Å². The molecule has 9 heteroatoms. The van der Waals surface area contributed by atoms with E-state index in [2.05, 4.69) is 11.4 Å². The van der Waals surface area contributed by atoms with E-state index in [1.165, 1.54) is 0 Å². The Morgan fingerprint density at radius 3 is 2.22 bits per heavy atom. The van der Waals surface area contributed by atoms with E-state index in [-0.39, 0.29) is 43.5 Å². The van der Waals surface area contributed by atoms with Crippen LogP contribution >= 0.6 is 0 Å². The van der Waals surface area contributed by atoms with Gasteiger partial charge in [-0.25, -0.2) is 9.59 Å². The van der Waals surface area contributed by atoms with Crippen LogP contribution in [-0.2, 0) is 14.2 Å². The van der Waals surface area contributed by atoms with E-state index in [9.17, 15) is 9.59 Å². The highest BCUT2D eigenvalue weighted by molar-refractivity contribution is 5.70. The van der Waals surface area contributed by atoms with Gasteiger partial charge in [-0.15, -0.1) is 0 Å². The summed E-state index contributed by atoms with van der Waals surface area (Å²) in [6.45, 7) is 13.6. The Morgan fingerprint density at radius 1 is 1.06 bits per heavy atom. The number of hydrogen-bond acceptors (Lipinski definition) is 7. The molecule has 0 radical (unpaired) electrons. The lowest BCUT2D eigenvalue weighted by Gasteiger charge is -2.28. The molecule has 5 atom stereocenters.